The van der Waals surface area contributed by atoms with Crippen LogP contribution >= 0.6 is 0 Å². The lowest BCUT2D eigenvalue weighted by Crippen LogP contribution is -2.48. The molecule has 134 valence electrons. The number of aromatic nitrogens is 2. The molecule has 1 unspecified atom stereocenters. The van der Waals surface area contributed by atoms with Gasteiger partial charge in [0, 0.05) is 18.2 Å². The molecule has 24 heavy (non-hydrogen) atoms. The lowest BCUT2D eigenvalue weighted by atomic mass is 10.0. The summed E-state index contributed by atoms with van der Waals surface area (Å²) in [6.45, 7) is 13.4. The number of H-pyrrole nitrogens is 1. The fraction of sp³-hybridized carbons (Fsp3) is 0.750. The summed E-state index contributed by atoms with van der Waals surface area (Å²) >= 11 is 0. The highest BCUT2D eigenvalue weighted by molar-refractivity contribution is 6.74. The molecule has 7 nitrogen and oxygen atoms in total. The Balaban J connectivity index is 1.98. The van der Waals surface area contributed by atoms with Crippen molar-refractivity contribution in [1.29, 1.82) is 0 Å². The van der Waals surface area contributed by atoms with Crippen LogP contribution in [0.25, 0.3) is 0 Å². The Morgan fingerprint density at radius 2 is 2.00 bits per heavy atom. The van der Waals surface area contributed by atoms with Crippen LogP contribution < -0.4 is 11.2 Å². The van der Waals surface area contributed by atoms with Crippen molar-refractivity contribution in [3.63, 3.8) is 0 Å². The van der Waals surface area contributed by atoms with E-state index in [1.807, 2.05) is 6.92 Å². The van der Waals surface area contributed by atoms with Gasteiger partial charge in [0.05, 0.1) is 6.10 Å². The van der Waals surface area contributed by atoms with E-state index in [1.54, 1.807) is 0 Å². The van der Waals surface area contributed by atoms with Gasteiger partial charge in [-0.15, -0.1) is 0 Å². The summed E-state index contributed by atoms with van der Waals surface area (Å²) in [6, 6.07) is 1.32. The Hall–Kier alpha value is -1.22. The zero-order valence-corrected chi connectivity index (χ0v) is 16.1. The predicted octanol–water partition coefficient (Wildman–Crippen LogP) is 1.82. The van der Waals surface area contributed by atoms with E-state index in [9.17, 15) is 9.59 Å². The van der Waals surface area contributed by atoms with Gasteiger partial charge in [-0.3, -0.25) is 14.3 Å². The minimum absolute atomic E-state index is 0.00421. The number of aromatic amines is 1. The van der Waals surface area contributed by atoms with Crippen molar-refractivity contribution in [3.05, 3.63) is 33.1 Å². The van der Waals surface area contributed by atoms with E-state index in [2.05, 4.69) is 38.8 Å². The van der Waals surface area contributed by atoms with E-state index in [4.69, 9.17) is 13.9 Å². The Morgan fingerprint density at radius 1 is 1.38 bits per heavy atom. The van der Waals surface area contributed by atoms with E-state index in [0.29, 0.717) is 6.61 Å². The summed E-state index contributed by atoms with van der Waals surface area (Å²) in [5.41, 5.74) is -0.928. The van der Waals surface area contributed by atoms with Crippen LogP contribution in [0.1, 0.15) is 33.9 Å². The molecule has 0 amide bonds. The molecule has 1 aromatic heterocycles. The molecule has 0 aliphatic carbocycles. The maximum Gasteiger partial charge on any atom is 0.330 e. The molecule has 2 fully saturated rings. The summed E-state index contributed by atoms with van der Waals surface area (Å²) < 4.78 is 19.6. The third kappa shape index (κ3) is 2.81. The molecule has 2 aliphatic rings. The molecular formula is C16H26N2O5Si. The number of nitrogens with one attached hydrogen (secondary N) is 1. The highest BCUT2D eigenvalue weighted by Gasteiger charge is 2.64. The zero-order valence-electron chi connectivity index (χ0n) is 15.1. The Labute approximate surface area is 142 Å². The second-order valence-corrected chi connectivity index (χ2v) is 13.0. The maximum absolute atomic E-state index is 12.2. The van der Waals surface area contributed by atoms with E-state index in [0.717, 1.165) is 0 Å². The van der Waals surface area contributed by atoms with Crippen LogP contribution in [-0.2, 0) is 13.9 Å². The quantitative estimate of drug-likeness (QED) is 0.661. The van der Waals surface area contributed by atoms with Crippen molar-refractivity contribution in [1.82, 2.24) is 9.55 Å². The van der Waals surface area contributed by atoms with Gasteiger partial charge in [0.2, 0.25) is 0 Å². The van der Waals surface area contributed by atoms with Gasteiger partial charge in [-0.05, 0) is 18.1 Å². The van der Waals surface area contributed by atoms with Crippen molar-refractivity contribution >= 4 is 8.32 Å². The first-order valence-electron chi connectivity index (χ1n) is 8.28. The van der Waals surface area contributed by atoms with Crippen LogP contribution in [0.2, 0.25) is 18.1 Å². The molecule has 4 atom stereocenters. The van der Waals surface area contributed by atoms with Gasteiger partial charge >= 0.3 is 5.69 Å². The second kappa shape index (κ2) is 5.39. The van der Waals surface area contributed by atoms with Crippen LogP contribution in [0.4, 0.5) is 0 Å². The third-order valence-electron chi connectivity index (χ3n) is 5.58. The number of epoxide rings is 1. The fourth-order valence-corrected chi connectivity index (χ4v) is 4.15. The van der Waals surface area contributed by atoms with Crippen LogP contribution in [0.5, 0.6) is 0 Å². The molecule has 0 bridgehead atoms. The third-order valence-corrected chi connectivity index (χ3v) is 10.1. The molecule has 3 rings (SSSR count). The number of ether oxygens (including phenoxy) is 2. The molecule has 0 aromatic carbocycles. The van der Waals surface area contributed by atoms with Gasteiger partial charge < -0.3 is 13.9 Å². The number of rotatable bonds is 3. The van der Waals surface area contributed by atoms with Crippen molar-refractivity contribution in [3.8, 4) is 0 Å². The first kappa shape index (κ1) is 17.6. The van der Waals surface area contributed by atoms with Crippen molar-refractivity contribution in [2.24, 2.45) is 5.92 Å². The highest BCUT2D eigenvalue weighted by Crippen LogP contribution is 2.52. The van der Waals surface area contributed by atoms with Gasteiger partial charge in [-0.1, -0.05) is 27.7 Å². The van der Waals surface area contributed by atoms with Crippen molar-refractivity contribution in [2.75, 3.05) is 6.61 Å². The fourth-order valence-electron chi connectivity index (χ4n) is 2.80. The van der Waals surface area contributed by atoms with Crippen molar-refractivity contribution in [2.45, 2.75) is 63.9 Å². The van der Waals surface area contributed by atoms with Gasteiger partial charge in [0.1, 0.15) is 6.61 Å². The SMILES string of the molecule is C[C@H]1C(O[Si](C)(C)C(C)(C)C)[C@H](n2ccc(=O)[nH]c2=O)O[C@@]12CO2. The van der Waals surface area contributed by atoms with Gasteiger partial charge in [0.25, 0.3) is 5.56 Å². The van der Waals surface area contributed by atoms with E-state index in [1.165, 1.54) is 16.8 Å². The molecule has 0 radical (unpaired) electrons. The maximum atomic E-state index is 12.2. The lowest BCUT2D eigenvalue weighted by Gasteiger charge is -2.40. The average molecular weight is 354 g/mol. The predicted molar refractivity (Wildman–Crippen MR) is 91.4 cm³/mol. The van der Waals surface area contributed by atoms with Crippen LogP contribution in [-0.4, -0.2) is 36.4 Å². The van der Waals surface area contributed by atoms with E-state index < -0.39 is 31.6 Å². The molecule has 1 aromatic rings. The minimum atomic E-state index is -2.07. The van der Waals surface area contributed by atoms with Crippen LogP contribution in [0, 0.1) is 5.92 Å². The lowest BCUT2D eigenvalue weighted by molar-refractivity contribution is -0.0894. The molecule has 1 spiro atoms. The van der Waals surface area contributed by atoms with Crippen molar-refractivity contribution < 1.29 is 13.9 Å². The molecule has 2 saturated heterocycles. The summed E-state index contributed by atoms with van der Waals surface area (Å²) in [7, 11) is -2.07. The summed E-state index contributed by atoms with van der Waals surface area (Å²) in [4.78, 5) is 25.8. The molecule has 1 N–H and O–H groups in total. The Morgan fingerprint density at radius 3 is 2.50 bits per heavy atom. The molecule has 0 saturated carbocycles. The van der Waals surface area contributed by atoms with E-state index in [-0.39, 0.29) is 17.1 Å². The number of hydrogen-bond acceptors (Lipinski definition) is 5. The Kier molecular flexibility index (Phi) is 3.95. The Bertz CT molecular complexity index is 744. The normalized spacial score (nSPS) is 33.2. The van der Waals surface area contributed by atoms with Gasteiger partial charge in [0.15, 0.2) is 20.3 Å². The smallest absolute Gasteiger partial charge is 0.330 e. The molecule has 3 heterocycles. The first-order valence-corrected chi connectivity index (χ1v) is 11.2. The molecule has 8 heteroatoms. The largest absolute Gasteiger partial charge is 0.409 e. The minimum Gasteiger partial charge on any atom is -0.409 e. The average Bonchev–Trinajstić information content (AvgIpc) is 3.17. The topological polar surface area (TPSA) is 85.9 Å². The molecule has 2 aliphatic heterocycles. The number of hydrogen-bond donors (Lipinski definition) is 1. The number of nitrogens with zero attached hydrogens (tertiary/aromatic N) is 1. The molecular weight excluding hydrogens is 328 g/mol. The second-order valence-electron chi connectivity index (χ2n) is 8.26. The zero-order chi connectivity index (χ0) is 17.9. The van der Waals surface area contributed by atoms with E-state index >= 15 is 0 Å². The first-order chi connectivity index (χ1) is 11.0. The highest BCUT2D eigenvalue weighted by atomic mass is 28.4. The summed E-state index contributed by atoms with van der Waals surface area (Å²) in [5.74, 6) is -0.678. The summed E-state index contributed by atoms with van der Waals surface area (Å²) in [5, 5.41) is 0.0351. The van der Waals surface area contributed by atoms with Gasteiger partial charge in [-0.2, -0.15) is 0 Å². The summed E-state index contributed by atoms with van der Waals surface area (Å²) in [6.07, 6.45) is 0.542. The van der Waals surface area contributed by atoms with Crippen LogP contribution in [0.3, 0.4) is 0 Å². The monoisotopic (exact) mass is 354 g/mol. The van der Waals surface area contributed by atoms with Gasteiger partial charge in [-0.25, -0.2) is 4.79 Å². The van der Waals surface area contributed by atoms with Crippen LogP contribution in [0.15, 0.2) is 21.9 Å². The standard InChI is InChI=1S/C16H26N2O5Si/c1-10-12(23-24(5,6)15(2,3)4)13(22-16(10)9-21-16)18-8-7-11(19)17-14(18)20/h7-8,10,12-13H,9H2,1-6H3,(H,17,19,20)/t10-,12?,13+,16-/m0/s1.